The summed E-state index contributed by atoms with van der Waals surface area (Å²) in [5.74, 6) is -1.01. The van der Waals surface area contributed by atoms with Gasteiger partial charge in [-0.05, 0) is 57.0 Å². The third-order valence-electron chi connectivity index (χ3n) is 4.17. The molecule has 3 rings (SSSR count). The van der Waals surface area contributed by atoms with E-state index in [0.717, 1.165) is 24.5 Å². The molecule has 1 atom stereocenters. The average molecular weight is 342 g/mol. The highest BCUT2D eigenvalue weighted by molar-refractivity contribution is 5.96. The fourth-order valence-electron chi connectivity index (χ4n) is 2.77. The molecule has 1 aromatic heterocycles. The van der Waals surface area contributed by atoms with E-state index in [1.165, 1.54) is 19.8 Å². The summed E-state index contributed by atoms with van der Waals surface area (Å²) in [4.78, 5) is 26.4. The molecule has 0 aliphatic carbocycles. The molecule has 1 aromatic carbocycles. The largest absolute Gasteiger partial charge is 0.448 e. The van der Waals surface area contributed by atoms with Crippen LogP contribution in [0.2, 0.25) is 0 Å². The van der Waals surface area contributed by atoms with Crippen LogP contribution in [0.3, 0.4) is 0 Å². The fraction of sp³-hybridized carbons (Fsp3) is 0.389. The maximum absolute atomic E-state index is 12.2. The van der Waals surface area contributed by atoms with Crippen molar-refractivity contribution in [1.82, 2.24) is 10.2 Å². The number of nitrogens with zero attached hydrogens (tertiary/aromatic N) is 2. The third-order valence-corrected chi connectivity index (χ3v) is 4.17. The van der Waals surface area contributed by atoms with Crippen molar-refractivity contribution in [1.29, 1.82) is 0 Å². The van der Waals surface area contributed by atoms with Crippen molar-refractivity contribution in [3.05, 3.63) is 41.7 Å². The Bertz CT molecular complexity index is 748. The number of H-pyrrole nitrogens is 1. The lowest BCUT2D eigenvalue weighted by atomic mass is 10.2. The van der Waals surface area contributed by atoms with Crippen LogP contribution in [-0.2, 0) is 9.53 Å². The maximum atomic E-state index is 12.2. The Morgan fingerprint density at radius 2 is 1.92 bits per heavy atom. The molecular weight excluding hydrogens is 320 g/mol. The molecule has 7 nitrogen and oxygen atoms in total. The predicted octanol–water partition coefficient (Wildman–Crippen LogP) is 2.50. The lowest BCUT2D eigenvalue weighted by molar-refractivity contribution is -0.123. The van der Waals surface area contributed by atoms with Crippen LogP contribution in [0, 0.1) is 6.92 Å². The van der Waals surface area contributed by atoms with Gasteiger partial charge >= 0.3 is 5.97 Å². The number of hydrogen-bond donors (Lipinski definition) is 2. The highest BCUT2D eigenvalue weighted by atomic mass is 16.5. The monoisotopic (exact) mass is 342 g/mol. The van der Waals surface area contributed by atoms with E-state index in [0.29, 0.717) is 5.69 Å². The molecule has 0 saturated carbocycles. The van der Waals surface area contributed by atoms with Crippen LogP contribution >= 0.6 is 0 Å². The molecular formula is C18H22N4O3. The Morgan fingerprint density at radius 3 is 2.52 bits per heavy atom. The maximum Gasteiger partial charge on any atom is 0.359 e. The topological polar surface area (TPSA) is 87.3 Å². The lowest BCUT2D eigenvalue weighted by Gasteiger charge is -2.18. The Labute approximate surface area is 146 Å². The summed E-state index contributed by atoms with van der Waals surface area (Å²) in [5, 5.41) is 9.25. The molecule has 2 aromatic rings. The van der Waals surface area contributed by atoms with Crippen molar-refractivity contribution in [3.8, 4) is 0 Å². The number of aromatic nitrogens is 2. The average Bonchev–Trinajstić information content (AvgIpc) is 3.27. The summed E-state index contributed by atoms with van der Waals surface area (Å²) >= 11 is 0. The summed E-state index contributed by atoms with van der Waals surface area (Å²) in [6.45, 7) is 5.47. The van der Waals surface area contributed by atoms with Gasteiger partial charge in [-0.15, -0.1) is 0 Å². The van der Waals surface area contributed by atoms with E-state index >= 15 is 0 Å². The molecule has 0 unspecified atom stereocenters. The molecule has 1 fully saturated rings. The summed E-state index contributed by atoms with van der Waals surface area (Å²) in [6.07, 6.45) is 1.52. The molecule has 0 bridgehead atoms. The van der Waals surface area contributed by atoms with Crippen molar-refractivity contribution < 1.29 is 14.3 Å². The molecule has 0 radical (unpaired) electrons. The van der Waals surface area contributed by atoms with Crippen LogP contribution in [0.5, 0.6) is 0 Å². The molecule has 1 aliphatic heterocycles. The van der Waals surface area contributed by atoms with Gasteiger partial charge in [0.2, 0.25) is 0 Å². The first kappa shape index (κ1) is 17.0. The first-order valence-corrected chi connectivity index (χ1v) is 8.42. The number of aryl methyl sites for hydroxylation is 1. The van der Waals surface area contributed by atoms with Crippen molar-refractivity contribution in [3.63, 3.8) is 0 Å². The fourth-order valence-corrected chi connectivity index (χ4v) is 2.77. The van der Waals surface area contributed by atoms with Gasteiger partial charge in [0.1, 0.15) is 0 Å². The Hall–Kier alpha value is -2.83. The second-order valence-corrected chi connectivity index (χ2v) is 6.21. The van der Waals surface area contributed by atoms with Gasteiger partial charge in [-0.3, -0.25) is 9.89 Å². The number of nitrogens with one attached hydrogen (secondary N) is 2. The molecule has 132 valence electrons. The number of carbonyl (C=O) groups excluding carboxylic acids is 2. The minimum atomic E-state index is -0.914. The van der Waals surface area contributed by atoms with E-state index in [1.54, 1.807) is 13.0 Å². The number of amides is 1. The summed E-state index contributed by atoms with van der Waals surface area (Å²) in [6, 6.07) is 9.27. The first-order chi connectivity index (χ1) is 12.0. The highest BCUT2D eigenvalue weighted by Gasteiger charge is 2.20. The standard InChI is InChI=1S/C18H22N4O3/c1-12-11-16(21-20-12)18(24)25-13(2)17(23)19-14-5-7-15(8-6-14)22-9-3-4-10-22/h5-8,11,13H,3-4,9-10H2,1-2H3,(H,19,23)(H,20,21)/t13-/m0/s1. The van der Waals surface area contributed by atoms with E-state index in [-0.39, 0.29) is 11.6 Å². The van der Waals surface area contributed by atoms with Gasteiger partial charge in [0.05, 0.1) is 0 Å². The molecule has 7 heteroatoms. The zero-order valence-corrected chi connectivity index (χ0v) is 14.4. The van der Waals surface area contributed by atoms with Gasteiger partial charge in [0.25, 0.3) is 5.91 Å². The SMILES string of the molecule is Cc1cc(C(=O)O[C@@H](C)C(=O)Nc2ccc(N3CCCC3)cc2)n[nH]1. The lowest BCUT2D eigenvalue weighted by Crippen LogP contribution is -2.30. The van der Waals surface area contributed by atoms with Gasteiger partial charge in [-0.25, -0.2) is 4.79 Å². The molecule has 2 heterocycles. The first-order valence-electron chi connectivity index (χ1n) is 8.42. The number of carbonyl (C=O) groups is 2. The molecule has 1 amide bonds. The smallest absolute Gasteiger partial charge is 0.359 e. The third kappa shape index (κ3) is 4.17. The van der Waals surface area contributed by atoms with Gasteiger partial charge in [-0.2, -0.15) is 5.10 Å². The van der Waals surface area contributed by atoms with Crippen molar-refractivity contribution >= 4 is 23.3 Å². The Balaban J connectivity index is 1.54. The van der Waals surface area contributed by atoms with E-state index in [4.69, 9.17) is 4.74 Å². The molecule has 25 heavy (non-hydrogen) atoms. The zero-order valence-electron chi connectivity index (χ0n) is 14.4. The van der Waals surface area contributed by atoms with E-state index in [2.05, 4.69) is 20.4 Å². The zero-order chi connectivity index (χ0) is 17.8. The van der Waals surface area contributed by atoms with Gasteiger partial charge in [0.15, 0.2) is 11.8 Å². The number of anilines is 2. The van der Waals surface area contributed by atoms with E-state index in [9.17, 15) is 9.59 Å². The predicted molar refractivity (Wildman–Crippen MR) is 94.7 cm³/mol. The van der Waals surface area contributed by atoms with E-state index < -0.39 is 12.1 Å². The number of aromatic amines is 1. The number of ether oxygens (including phenoxy) is 1. The van der Waals surface area contributed by atoms with Crippen LogP contribution in [-0.4, -0.2) is 41.3 Å². The molecule has 2 N–H and O–H groups in total. The minimum absolute atomic E-state index is 0.159. The van der Waals surface area contributed by atoms with Crippen LogP contribution in [0.4, 0.5) is 11.4 Å². The van der Waals surface area contributed by atoms with E-state index in [1.807, 2.05) is 24.3 Å². The normalized spacial score (nSPS) is 15.0. The second-order valence-electron chi connectivity index (χ2n) is 6.21. The molecule has 0 spiro atoms. The number of rotatable bonds is 5. The van der Waals surface area contributed by atoms with Gasteiger partial charge < -0.3 is 15.0 Å². The van der Waals surface area contributed by atoms with Crippen LogP contribution in [0.15, 0.2) is 30.3 Å². The van der Waals surface area contributed by atoms with Crippen molar-refractivity contribution in [2.75, 3.05) is 23.3 Å². The molecule has 1 saturated heterocycles. The summed E-state index contributed by atoms with van der Waals surface area (Å²) < 4.78 is 5.15. The molecule has 1 aliphatic rings. The van der Waals surface area contributed by atoms with Crippen molar-refractivity contribution in [2.24, 2.45) is 0 Å². The highest BCUT2D eigenvalue weighted by Crippen LogP contribution is 2.22. The summed E-state index contributed by atoms with van der Waals surface area (Å²) in [5.41, 5.74) is 2.74. The van der Waals surface area contributed by atoms with Crippen LogP contribution < -0.4 is 10.2 Å². The number of esters is 1. The number of benzene rings is 1. The van der Waals surface area contributed by atoms with Crippen LogP contribution in [0.1, 0.15) is 35.9 Å². The Kier molecular flexibility index (Phi) is 5.02. The quantitative estimate of drug-likeness (QED) is 0.815. The van der Waals surface area contributed by atoms with Gasteiger partial charge in [0, 0.05) is 30.2 Å². The Morgan fingerprint density at radius 1 is 1.24 bits per heavy atom. The van der Waals surface area contributed by atoms with Crippen LogP contribution in [0.25, 0.3) is 0 Å². The summed E-state index contributed by atoms with van der Waals surface area (Å²) in [7, 11) is 0. The second kappa shape index (κ2) is 7.38. The number of hydrogen-bond acceptors (Lipinski definition) is 5. The van der Waals surface area contributed by atoms with Gasteiger partial charge in [-0.1, -0.05) is 0 Å². The van der Waals surface area contributed by atoms with Crippen molar-refractivity contribution in [2.45, 2.75) is 32.8 Å². The minimum Gasteiger partial charge on any atom is -0.448 e.